The van der Waals surface area contributed by atoms with Crippen LogP contribution in [0.4, 0.5) is 11.5 Å². The molecule has 0 spiro atoms. The third-order valence-electron chi connectivity index (χ3n) is 3.16. The molecule has 1 heterocycles. The number of unbranched alkanes of at least 4 members (excludes halogenated alkanes) is 1. The molecule has 0 saturated carbocycles. The van der Waals surface area contributed by atoms with Crippen LogP contribution >= 0.6 is 11.6 Å². The van der Waals surface area contributed by atoms with Gasteiger partial charge in [-0.2, -0.15) is 0 Å². The standard InChI is InChI=1S/C16H18ClN3O/c1-3-4-5-12-6-8-13(9-7-12)20-16-14(10-21)15(17)18-11(2)19-16/h6-10H,3-5H2,1-2H3,(H,18,19,20). The molecule has 0 aliphatic heterocycles. The van der Waals surface area contributed by atoms with Crippen molar-refractivity contribution in [2.75, 3.05) is 5.32 Å². The number of hydrogen-bond acceptors (Lipinski definition) is 4. The molecule has 1 N–H and O–H groups in total. The second kappa shape index (κ2) is 7.18. The molecule has 2 rings (SSSR count). The van der Waals surface area contributed by atoms with Crippen LogP contribution in [0.1, 0.15) is 41.5 Å². The van der Waals surface area contributed by atoms with Crippen molar-refractivity contribution in [2.24, 2.45) is 0 Å². The Kier molecular flexibility index (Phi) is 5.28. The summed E-state index contributed by atoms with van der Waals surface area (Å²) in [7, 11) is 0. The zero-order valence-corrected chi connectivity index (χ0v) is 12.9. The van der Waals surface area contributed by atoms with E-state index in [4.69, 9.17) is 11.6 Å². The fraction of sp³-hybridized carbons (Fsp3) is 0.312. The first-order chi connectivity index (χ1) is 10.1. The Bertz CT molecular complexity index is 626. The van der Waals surface area contributed by atoms with Gasteiger partial charge in [-0.05, 0) is 37.5 Å². The monoisotopic (exact) mass is 303 g/mol. The van der Waals surface area contributed by atoms with E-state index in [1.807, 2.05) is 12.1 Å². The SMILES string of the molecule is CCCCc1ccc(Nc2nc(C)nc(Cl)c2C=O)cc1. The lowest BCUT2D eigenvalue weighted by Crippen LogP contribution is -2.03. The first-order valence-corrected chi connectivity index (χ1v) is 7.37. The van der Waals surface area contributed by atoms with E-state index >= 15 is 0 Å². The molecule has 0 bridgehead atoms. The van der Waals surface area contributed by atoms with E-state index in [0.717, 1.165) is 12.1 Å². The predicted molar refractivity (Wildman–Crippen MR) is 85.5 cm³/mol. The maximum atomic E-state index is 11.1. The smallest absolute Gasteiger partial charge is 0.156 e. The van der Waals surface area contributed by atoms with Crippen LogP contribution in [-0.4, -0.2) is 16.3 Å². The number of aldehydes is 1. The number of benzene rings is 1. The first kappa shape index (κ1) is 15.4. The highest BCUT2D eigenvalue weighted by Gasteiger charge is 2.11. The number of nitrogens with zero attached hydrogens (tertiary/aromatic N) is 2. The number of carbonyl (C=O) groups is 1. The lowest BCUT2D eigenvalue weighted by atomic mass is 10.1. The van der Waals surface area contributed by atoms with E-state index in [2.05, 4.69) is 34.3 Å². The fourth-order valence-corrected chi connectivity index (χ4v) is 2.28. The van der Waals surface area contributed by atoms with E-state index in [1.54, 1.807) is 6.92 Å². The third-order valence-corrected chi connectivity index (χ3v) is 3.45. The lowest BCUT2D eigenvalue weighted by molar-refractivity contribution is 0.112. The zero-order valence-electron chi connectivity index (χ0n) is 12.2. The maximum absolute atomic E-state index is 11.1. The lowest BCUT2D eigenvalue weighted by Gasteiger charge is -2.10. The van der Waals surface area contributed by atoms with Gasteiger partial charge >= 0.3 is 0 Å². The Hall–Kier alpha value is -1.94. The summed E-state index contributed by atoms with van der Waals surface area (Å²) in [4.78, 5) is 19.3. The average molecular weight is 304 g/mol. The second-order valence-corrected chi connectivity index (χ2v) is 5.23. The van der Waals surface area contributed by atoms with E-state index in [9.17, 15) is 4.79 Å². The van der Waals surface area contributed by atoms with Crippen LogP contribution in [0.5, 0.6) is 0 Å². The highest BCUT2D eigenvalue weighted by Crippen LogP contribution is 2.23. The zero-order chi connectivity index (χ0) is 15.2. The van der Waals surface area contributed by atoms with Gasteiger partial charge in [0.2, 0.25) is 0 Å². The van der Waals surface area contributed by atoms with Crippen LogP contribution in [0.2, 0.25) is 5.15 Å². The average Bonchev–Trinajstić information content (AvgIpc) is 2.46. The molecule has 0 amide bonds. The highest BCUT2D eigenvalue weighted by atomic mass is 35.5. The molecule has 5 heteroatoms. The van der Waals surface area contributed by atoms with Crippen molar-refractivity contribution in [2.45, 2.75) is 33.1 Å². The van der Waals surface area contributed by atoms with Gasteiger partial charge in [-0.25, -0.2) is 9.97 Å². The number of nitrogens with one attached hydrogen (secondary N) is 1. The van der Waals surface area contributed by atoms with Crippen molar-refractivity contribution in [3.05, 3.63) is 46.4 Å². The van der Waals surface area contributed by atoms with Gasteiger partial charge in [0.15, 0.2) is 6.29 Å². The maximum Gasteiger partial charge on any atom is 0.156 e. The van der Waals surface area contributed by atoms with E-state index in [0.29, 0.717) is 17.9 Å². The molecule has 0 aliphatic carbocycles. The van der Waals surface area contributed by atoms with Crippen molar-refractivity contribution >= 4 is 29.4 Å². The van der Waals surface area contributed by atoms with Gasteiger partial charge in [0.05, 0.1) is 5.56 Å². The molecule has 0 unspecified atom stereocenters. The number of rotatable bonds is 6. The normalized spacial score (nSPS) is 10.4. The molecule has 1 aromatic heterocycles. The van der Waals surface area contributed by atoms with Crippen molar-refractivity contribution in [1.29, 1.82) is 0 Å². The van der Waals surface area contributed by atoms with Gasteiger partial charge in [-0.1, -0.05) is 37.1 Å². The van der Waals surface area contributed by atoms with Gasteiger partial charge in [-0.3, -0.25) is 4.79 Å². The van der Waals surface area contributed by atoms with Crippen LogP contribution in [-0.2, 0) is 6.42 Å². The van der Waals surface area contributed by atoms with Crippen LogP contribution in [0.25, 0.3) is 0 Å². The van der Waals surface area contributed by atoms with Gasteiger partial charge in [0.25, 0.3) is 0 Å². The number of hydrogen-bond donors (Lipinski definition) is 1. The molecule has 0 atom stereocenters. The number of aryl methyl sites for hydroxylation is 2. The van der Waals surface area contributed by atoms with Gasteiger partial charge < -0.3 is 5.32 Å². The molecule has 0 aliphatic rings. The minimum atomic E-state index is 0.166. The number of aromatic nitrogens is 2. The summed E-state index contributed by atoms with van der Waals surface area (Å²) in [5.74, 6) is 0.955. The fourth-order valence-electron chi connectivity index (χ4n) is 2.02. The summed E-state index contributed by atoms with van der Waals surface area (Å²) in [6, 6.07) is 8.11. The van der Waals surface area contributed by atoms with Gasteiger partial charge in [0.1, 0.15) is 16.8 Å². The predicted octanol–water partition coefficient (Wildman–Crippen LogP) is 4.34. The van der Waals surface area contributed by atoms with Crippen LogP contribution in [0, 0.1) is 6.92 Å². The van der Waals surface area contributed by atoms with Crippen molar-refractivity contribution < 1.29 is 4.79 Å². The summed E-state index contributed by atoms with van der Waals surface area (Å²) < 4.78 is 0. The minimum Gasteiger partial charge on any atom is -0.339 e. The van der Waals surface area contributed by atoms with E-state index in [1.165, 1.54) is 18.4 Å². The minimum absolute atomic E-state index is 0.166. The van der Waals surface area contributed by atoms with Gasteiger partial charge in [-0.15, -0.1) is 0 Å². The molecule has 0 fully saturated rings. The van der Waals surface area contributed by atoms with Crippen molar-refractivity contribution in [3.8, 4) is 0 Å². The largest absolute Gasteiger partial charge is 0.339 e. The summed E-state index contributed by atoms with van der Waals surface area (Å²) in [5.41, 5.74) is 2.44. The third kappa shape index (κ3) is 4.02. The van der Waals surface area contributed by atoms with Crippen molar-refractivity contribution in [1.82, 2.24) is 9.97 Å². The topological polar surface area (TPSA) is 54.9 Å². The number of carbonyl (C=O) groups excluding carboxylic acids is 1. The summed E-state index contributed by atoms with van der Waals surface area (Å²) >= 11 is 5.96. The summed E-state index contributed by atoms with van der Waals surface area (Å²) in [6.45, 7) is 3.91. The van der Waals surface area contributed by atoms with Gasteiger partial charge in [0, 0.05) is 5.69 Å². The molecule has 21 heavy (non-hydrogen) atoms. The molecule has 0 radical (unpaired) electrons. The number of anilines is 2. The molecule has 2 aromatic rings. The second-order valence-electron chi connectivity index (χ2n) is 4.87. The molecule has 1 aromatic carbocycles. The molecule has 4 nitrogen and oxygen atoms in total. The van der Waals surface area contributed by atoms with E-state index < -0.39 is 0 Å². The molecular formula is C16H18ClN3O. The Morgan fingerprint density at radius 1 is 1.24 bits per heavy atom. The molecule has 0 saturated heterocycles. The van der Waals surface area contributed by atoms with Crippen molar-refractivity contribution in [3.63, 3.8) is 0 Å². The molecular weight excluding hydrogens is 286 g/mol. The first-order valence-electron chi connectivity index (χ1n) is 6.99. The Morgan fingerprint density at radius 3 is 2.57 bits per heavy atom. The van der Waals surface area contributed by atoms with Crippen LogP contribution in [0.15, 0.2) is 24.3 Å². The quantitative estimate of drug-likeness (QED) is 0.637. The Balaban J connectivity index is 2.20. The highest BCUT2D eigenvalue weighted by molar-refractivity contribution is 6.32. The molecule has 110 valence electrons. The Labute approximate surface area is 129 Å². The van der Waals surface area contributed by atoms with Crippen LogP contribution < -0.4 is 5.32 Å². The Morgan fingerprint density at radius 2 is 1.95 bits per heavy atom. The number of halogens is 1. The van der Waals surface area contributed by atoms with E-state index in [-0.39, 0.29) is 10.7 Å². The summed E-state index contributed by atoms with van der Waals surface area (Å²) in [5, 5.41) is 3.29. The summed E-state index contributed by atoms with van der Waals surface area (Å²) in [6.07, 6.45) is 4.11. The van der Waals surface area contributed by atoms with Crippen LogP contribution in [0.3, 0.4) is 0 Å².